The van der Waals surface area contributed by atoms with Crippen LogP contribution >= 0.6 is 11.8 Å². The minimum atomic E-state index is 0.0409. The summed E-state index contributed by atoms with van der Waals surface area (Å²) in [6.07, 6.45) is 4.38. The van der Waals surface area contributed by atoms with Crippen LogP contribution in [0.4, 0.5) is 0 Å². The zero-order valence-electron chi connectivity index (χ0n) is 9.89. The molecule has 2 rings (SSSR count). The highest BCUT2D eigenvalue weighted by Gasteiger charge is 2.33. The van der Waals surface area contributed by atoms with E-state index in [1.165, 1.54) is 0 Å². The fourth-order valence-corrected chi connectivity index (χ4v) is 2.97. The van der Waals surface area contributed by atoms with Gasteiger partial charge in [-0.1, -0.05) is 0 Å². The molecule has 94 valence electrons. The van der Waals surface area contributed by atoms with Gasteiger partial charge >= 0.3 is 0 Å². The van der Waals surface area contributed by atoms with Crippen LogP contribution in [0.1, 0.15) is 24.5 Å². The fraction of sp³-hybridized carbons (Fsp3) is 0.636. The Labute approximate surface area is 105 Å². The molecule has 5 nitrogen and oxygen atoms in total. The Hall–Kier alpha value is -1.01. The maximum absolute atomic E-state index is 11.8. The van der Waals surface area contributed by atoms with E-state index in [0.717, 1.165) is 25.4 Å². The molecule has 1 N–H and O–H groups in total. The average molecular weight is 255 g/mol. The predicted octanol–water partition coefficient (Wildman–Crippen LogP) is 1.41. The van der Waals surface area contributed by atoms with Crippen molar-refractivity contribution in [2.45, 2.75) is 18.7 Å². The van der Waals surface area contributed by atoms with Gasteiger partial charge in [0.05, 0.1) is 5.75 Å². The molecule has 1 amide bonds. The molecule has 1 aliphatic heterocycles. The lowest BCUT2D eigenvalue weighted by Gasteiger charge is -2.22. The molecule has 6 heteroatoms. The highest BCUT2D eigenvalue weighted by Crippen LogP contribution is 2.36. The van der Waals surface area contributed by atoms with Gasteiger partial charge in [0.25, 0.3) is 0 Å². The topological polar surface area (TPSA) is 58.2 Å². The Morgan fingerprint density at radius 3 is 3.29 bits per heavy atom. The molecule has 1 fully saturated rings. The first-order valence-electron chi connectivity index (χ1n) is 5.81. The van der Waals surface area contributed by atoms with Gasteiger partial charge in [0.1, 0.15) is 11.2 Å². The second-order valence-electron chi connectivity index (χ2n) is 3.78. The SMILES string of the molecule is CCOCCCN1C(=O)CSC1c1ncc[nH]1. The number of ether oxygens (including phenoxy) is 1. The number of carbonyl (C=O) groups excluding carboxylic acids is 1. The van der Waals surface area contributed by atoms with Crippen molar-refractivity contribution in [3.63, 3.8) is 0 Å². The average Bonchev–Trinajstić information content (AvgIpc) is 2.94. The summed E-state index contributed by atoms with van der Waals surface area (Å²) in [7, 11) is 0. The second-order valence-corrected chi connectivity index (χ2v) is 4.84. The highest BCUT2D eigenvalue weighted by molar-refractivity contribution is 8.00. The molecule has 1 aliphatic rings. The quantitative estimate of drug-likeness (QED) is 0.781. The molecule has 0 aromatic carbocycles. The number of aromatic amines is 1. The molecular formula is C11H17N3O2S. The molecule has 1 saturated heterocycles. The second kappa shape index (κ2) is 6.07. The minimum Gasteiger partial charge on any atom is -0.382 e. The van der Waals surface area contributed by atoms with E-state index in [2.05, 4.69) is 9.97 Å². The number of aromatic nitrogens is 2. The van der Waals surface area contributed by atoms with Crippen LogP contribution < -0.4 is 0 Å². The summed E-state index contributed by atoms with van der Waals surface area (Å²) >= 11 is 1.62. The van der Waals surface area contributed by atoms with Crippen LogP contribution in [0, 0.1) is 0 Å². The van der Waals surface area contributed by atoms with Gasteiger partial charge in [0.2, 0.25) is 5.91 Å². The number of carbonyl (C=O) groups is 1. The van der Waals surface area contributed by atoms with Gasteiger partial charge in [-0.15, -0.1) is 11.8 Å². The summed E-state index contributed by atoms with van der Waals surface area (Å²) in [4.78, 5) is 20.9. The van der Waals surface area contributed by atoms with E-state index in [9.17, 15) is 4.79 Å². The lowest BCUT2D eigenvalue weighted by atomic mass is 10.3. The molecule has 0 saturated carbocycles. The van der Waals surface area contributed by atoms with E-state index in [1.807, 2.05) is 11.8 Å². The molecule has 0 radical (unpaired) electrons. The summed E-state index contributed by atoms with van der Waals surface area (Å²) in [6, 6.07) is 0. The summed E-state index contributed by atoms with van der Waals surface area (Å²) in [6.45, 7) is 4.14. The molecule has 17 heavy (non-hydrogen) atoms. The van der Waals surface area contributed by atoms with E-state index in [4.69, 9.17) is 4.74 Å². The number of hydrogen-bond acceptors (Lipinski definition) is 4. The summed E-state index contributed by atoms with van der Waals surface area (Å²) < 4.78 is 5.29. The molecule has 0 aliphatic carbocycles. The zero-order chi connectivity index (χ0) is 12.1. The molecule has 2 heterocycles. The van der Waals surface area contributed by atoms with Crippen molar-refractivity contribution >= 4 is 17.7 Å². The van der Waals surface area contributed by atoms with Gasteiger partial charge in [-0.05, 0) is 13.3 Å². The lowest BCUT2D eigenvalue weighted by molar-refractivity contribution is -0.128. The van der Waals surface area contributed by atoms with E-state index in [-0.39, 0.29) is 11.3 Å². The fourth-order valence-electron chi connectivity index (χ4n) is 1.82. The largest absolute Gasteiger partial charge is 0.382 e. The molecule has 1 aromatic heterocycles. The molecule has 1 unspecified atom stereocenters. The Bertz CT molecular complexity index is 356. The number of nitrogens with one attached hydrogen (secondary N) is 1. The van der Waals surface area contributed by atoms with Crippen molar-refractivity contribution in [3.8, 4) is 0 Å². The standard InChI is InChI=1S/C11H17N3O2S/c1-2-16-7-3-6-14-9(15)8-17-11(14)10-12-4-5-13-10/h4-5,11H,2-3,6-8H2,1H3,(H,12,13). The molecule has 0 bridgehead atoms. The van der Waals surface area contributed by atoms with Crippen molar-refractivity contribution in [2.24, 2.45) is 0 Å². The third kappa shape index (κ3) is 3.01. The minimum absolute atomic E-state index is 0.0409. The number of rotatable bonds is 6. The normalized spacial score (nSPS) is 20.2. The highest BCUT2D eigenvalue weighted by atomic mass is 32.2. The van der Waals surface area contributed by atoms with E-state index < -0.39 is 0 Å². The predicted molar refractivity (Wildman–Crippen MR) is 66.6 cm³/mol. The van der Waals surface area contributed by atoms with Gasteiger partial charge in [-0.2, -0.15) is 0 Å². The number of nitrogens with zero attached hydrogens (tertiary/aromatic N) is 2. The van der Waals surface area contributed by atoms with Crippen molar-refractivity contribution < 1.29 is 9.53 Å². The molecule has 0 spiro atoms. The maximum atomic E-state index is 11.8. The lowest BCUT2D eigenvalue weighted by Crippen LogP contribution is -2.30. The van der Waals surface area contributed by atoms with Crippen molar-refractivity contribution in [3.05, 3.63) is 18.2 Å². The van der Waals surface area contributed by atoms with Crippen LogP contribution in [0.15, 0.2) is 12.4 Å². The first-order valence-corrected chi connectivity index (χ1v) is 6.86. The van der Waals surface area contributed by atoms with Gasteiger partial charge in [0, 0.05) is 32.2 Å². The zero-order valence-corrected chi connectivity index (χ0v) is 10.7. The van der Waals surface area contributed by atoms with Crippen LogP contribution in [-0.2, 0) is 9.53 Å². The van der Waals surface area contributed by atoms with Gasteiger partial charge < -0.3 is 14.6 Å². The maximum Gasteiger partial charge on any atom is 0.233 e. The summed E-state index contributed by atoms with van der Waals surface area (Å²) in [5.41, 5.74) is 0. The summed E-state index contributed by atoms with van der Waals surface area (Å²) in [5, 5.41) is 0.0409. The Kier molecular flexibility index (Phi) is 4.44. The van der Waals surface area contributed by atoms with Crippen LogP contribution in [0.2, 0.25) is 0 Å². The van der Waals surface area contributed by atoms with Crippen molar-refractivity contribution in [1.82, 2.24) is 14.9 Å². The number of imidazole rings is 1. The Balaban J connectivity index is 1.90. The number of H-pyrrole nitrogens is 1. The van der Waals surface area contributed by atoms with Gasteiger partial charge in [-0.3, -0.25) is 4.79 Å². The third-order valence-corrected chi connectivity index (χ3v) is 3.82. The van der Waals surface area contributed by atoms with E-state index in [1.54, 1.807) is 24.2 Å². The smallest absolute Gasteiger partial charge is 0.233 e. The monoisotopic (exact) mass is 255 g/mol. The first kappa shape index (κ1) is 12.4. The van der Waals surface area contributed by atoms with Crippen molar-refractivity contribution in [1.29, 1.82) is 0 Å². The number of amides is 1. The Morgan fingerprint density at radius 1 is 1.71 bits per heavy atom. The first-order chi connectivity index (χ1) is 8.33. The molecular weight excluding hydrogens is 238 g/mol. The Morgan fingerprint density at radius 2 is 2.59 bits per heavy atom. The van der Waals surface area contributed by atoms with Crippen LogP contribution in [0.3, 0.4) is 0 Å². The number of thioether (sulfide) groups is 1. The number of hydrogen-bond donors (Lipinski definition) is 1. The van der Waals surface area contributed by atoms with Crippen molar-refractivity contribution in [2.75, 3.05) is 25.5 Å². The van der Waals surface area contributed by atoms with E-state index >= 15 is 0 Å². The van der Waals surface area contributed by atoms with E-state index in [0.29, 0.717) is 12.4 Å². The molecule has 1 atom stereocenters. The van der Waals surface area contributed by atoms with Gasteiger partial charge in [0.15, 0.2) is 0 Å². The summed E-state index contributed by atoms with van der Waals surface area (Å²) in [5.74, 6) is 1.59. The van der Waals surface area contributed by atoms with Crippen LogP contribution in [-0.4, -0.2) is 46.3 Å². The van der Waals surface area contributed by atoms with Crippen LogP contribution in [0.25, 0.3) is 0 Å². The third-order valence-electron chi connectivity index (χ3n) is 2.61. The van der Waals surface area contributed by atoms with Crippen LogP contribution in [0.5, 0.6) is 0 Å². The molecule has 1 aromatic rings. The van der Waals surface area contributed by atoms with Gasteiger partial charge in [-0.25, -0.2) is 4.98 Å².